The van der Waals surface area contributed by atoms with Gasteiger partial charge in [-0.05, 0) is 24.3 Å². The average molecular weight is 401 g/mol. The number of ether oxygens (including phenoxy) is 3. The van der Waals surface area contributed by atoms with Gasteiger partial charge in [-0.25, -0.2) is 0 Å². The van der Waals surface area contributed by atoms with Gasteiger partial charge in [0.25, 0.3) is 5.69 Å². The van der Waals surface area contributed by atoms with E-state index in [-0.39, 0.29) is 17.4 Å². The normalized spacial score (nSPS) is 21.1. The SMILES string of the molecule is COc1ccc(C[NH+]2CC[NH+](Cc3cc([N+](=O)[O-])cc4c3OCOC4)CC2)cc1. The fraction of sp³-hybridized carbons (Fsp3) is 0.429. The van der Waals surface area contributed by atoms with Crippen LogP contribution in [-0.2, 0) is 24.4 Å². The molecule has 2 N–H and O–H groups in total. The van der Waals surface area contributed by atoms with E-state index in [1.165, 1.54) is 10.5 Å². The van der Waals surface area contributed by atoms with Gasteiger partial charge in [-0.1, -0.05) is 0 Å². The van der Waals surface area contributed by atoms with E-state index in [0.29, 0.717) is 6.61 Å². The highest BCUT2D eigenvalue weighted by atomic mass is 16.7. The largest absolute Gasteiger partial charge is 0.497 e. The summed E-state index contributed by atoms with van der Waals surface area (Å²) in [5, 5.41) is 11.3. The van der Waals surface area contributed by atoms with Crippen LogP contribution in [0.5, 0.6) is 11.5 Å². The van der Waals surface area contributed by atoms with E-state index in [0.717, 1.165) is 61.9 Å². The minimum atomic E-state index is -0.343. The summed E-state index contributed by atoms with van der Waals surface area (Å²) in [6, 6.07) is 11.5. The molecule has 0 amide bonds. The lowest BCUT2D eigenvalue weighted by atomic mass is 10.1. The number of piperazine rings is 1. The van der Waals surface area contributed by atoms with E-state index in [9.17, 15) is 10.1 Å². The van der Waals surface area contributed by atoms with E-state index < -0.39 is 0 Å². The Balaban J connectivity index is 1.38. The summed E-state index contributed by atoms with van der Waals surface area (Å²) in [5.74, 6) is 1.65. The second-order valence-electron chi connectivity index (χ2n) is 7.66. The summed E-state index contributed by atoms with van der Waals surface area (Å²) in [5.41, 5.74) is 3.09. The second-order valence-corrected chi connectivity index (χ2v) is 7.66. The molecule has 0 aromatic heterocycles. The standard InChI is InChI=1S/C21H25N3O5/c1-27-20-4-2-16(3-5-20)12-22-6-8-23(9-7-22)13-17-10-19(24(25)26)11-18-14-28-15-29-21(17)18/h2-5,10-11H,6-9,12-15H2,1H3/p+2. The van der Waals surface area contributed by atoms with E-state index in [2.05, 4.69) is 12.1 Å². The molecule has 0 spiro atoms. The summed E-state index contributed by atoms with van der Waals surface area (Å²) in [6.07, 6.45) is 0. The third kappa shape index (κ3) is 4.67. The van der Waals surface area contributed by atoms with Crippen LogP contribution in [0.25, 0.3) is 0 Å². The molecule has 8 nitrogen and oxygen atoms in total. The summed E-state index contributed by atoms with van der Waals surface area (Å²) >= 11 is 0. The first-order valence-corrected chi connectivity index (χ1v) is 9.93. The van der Waals surface area contributed by atoms with Crippen LogP contribution in [-0.4, -0.2) is 45.0 Å². The smallest absolute Gasteiger partial charge is 0.270 e. The Morgan fingerprint density at radius 3 is 2.41 bits per heavy atom. The van der Waals surface area contributed by atoms with Crippen LogP contribution in [0.3, 0.4) is 0 Å². The lowest BCUT2D eigenvalue weighted by Crippen LogP contribution is -3.27. The molecule has 2 aliphatic rings. The Kier molecular flexibility index (Phi) is 5.94. The first-order chi connectivity index (χ1) is 14.1. The highest BCUT2D eigenvalue weighted by Crippen LogP contribution is 2.32. The van der Waals surface area contributed by atoms with Crippen molar-refractivity contribution in [2.75, 3.05) is 40.1 Å². The first kappa shape index (κ1) is 19.6. The van der Waals surface area contributed by atoms with Crippen molar-refractivity contribution in [1.82, 2.24) is 0 Å². The zero-order chi connectivity index (χ0) is 20.2. The van der Waals surface area contributed by atoms with Crippen LogP contribution >= 0.6 is 0 Å². The Hall–Kier alpha value is -2.68. The number of nitro groups is 1. The monoisotopic (exact) mass is 401 g/mol. The van der Waals surface area contributed by atoms with Crippen molar-refractivity contribution in [1.29, 1.82) is 0 Å². The summed E-state index contributed by atoms with van der Waals surface area (Å²) in [6.45, 7) is 6.50. The Morgan fingerprint density at radius 2 is 1.76 bits per heavy atom. The van der Waals surface area contributed by atoms with Crippen molar-refractivity contribution >= 4 is 5.69 Å². The number of rotatable bonds is 6. The van der Waals surface area contributed by atoms with Crippen molar-refractivity contribution in [2.45, 2.75) is 19.7 Å². The maximum Gasteiger partial charge on any atom is 0.270 e. The van der Waals surface area contributed by atoms with Crippen LogP contribution < -0.4 is 19.3 Å². The number of fused-ring (bicyclic) bond motifs is 1. The van der Waals surface area contributed by atoms with Crippen LogP contribution in [0.4, 0.5) is 5.69 Å². The number of methoxy groups -OCH3 is 1. The van der Waals surface area contributed by atoms with Gasteiger partial charge in [-0.3, -0.25) is 10.1 Å². The predicted molar refractivity (Wildman–Crippen MR) is 105 cm³/mol. The summed E-state index contributed by atoms with van der Waals surface area (Å²) in [7, 11) is 1.68. The molecule has 0 bridgehead atoms. The number of hydrogen-bond acceptors (Lipinski definition) is 5. The lowest BCUT2D eigenvalue weighted by Gasteiger charge is -2.30. The first-order valence-electron chi connectivity index (χ1n) is 9.93. The van der Waals surface area contributed by atoms with Crippen molar-refractivity contribution in [3.63, 3.8) is 0 Å². The fourth-order valence-electron chi connectivity index (χ4n) is 4.13. The topological polar surface area (TPSA) is 79.7 Å². The molecule has 2 aromatic carbocycles. The van der Waals surface area contributed by atoms with E-state index in [4.69, 9.17) is 14.2 Å². The van der Waals surface area contributed by atoms with Crippen molar-refractivity contribution in [2.24, 2.45) is 0 Å². The molecule has 8 heteroatoms. The summed E-state index contributed by atoms with van der Waals surface area (Å²) < 4.78 is 16.2. The number of hydrogen-bond donors (Lipinski definition) is 2. The maximum absolute atomic E-state index is 11.3. The molecule has 2 aromatic rings. The molecule has 0 atom stereocenters. The number of nitrogens with one attached hydrogen (secondary N) is 2. The molecule has 2 aliphatic heterocycles. The van der Waals surface area contributed by atoms with Crippen molar-refractivity contribution in [3.8, 4) is 11.5 Å². The van der Waals surface area contributed by atoms with Gasteiger partial charge in [0.1, 0.15) is 50.8 Å². The van der Waals surface area contributed by atoms with E-state index in [1.807, 2.05) is 12.1 Å². The third-order valence-corrected chi connectivity index (χ3v) is 5.70. The van der Waals surface area contributed by atoms with Gasteiger partial charge in [0.15, 0.2) is 6.79 Å². The zero-order valence-electron chi connectivity index (χ0n) is 16.6. The van der Waals surface area contributed by atoms with Crippen LogP contribution in [0.15, 0.2) is 36.4 Å². The Bertz CT molecular complexity index is 863. The van der Waals surface area contributed by atoms with Gasteiger partial charge in [0.2, 0.25) is 0 Å². The molecule has 0 aliphatic carbocycles. The van der Waals surface area contributed by atoms with Crippen LogP contribution in [0.1, 0.15) is 16.7 Å². The van der Waals surface area contributed by atoms with Crippen molar-refractivity contribution in [3.05, 3.63) is 63.2 Å². The number of nitro benzene ring substituents is 1. The maximum atomic E-state index is 11.3. The van der Waals surface area contributed by atoms with Crippen molar-refractivity contribution < 1.29 is 28.9 Å². The second kappa shape index (κ2) is 8.77. The summed E-state index contributed by atoms with van der Waals surface area (Å²) in [4.78, 5) is 13.9. The van der Waals surface area contributed by atoms with Gasteiger partial charge in [-0.2, -0.15) is 0 Å². The Morgan fingerprint density at radius 1 is 1.07 bits per heavy atom. The van der Waals surface area contributed by atoms with Gasteiger partial charge in [0.05, 0.1) is 24.2 Å². The van der Waals surface area contributed by atoms with E-state index in [1.54, 1.807) is 24.1 Å². The predicted octanol–water partition coefficient (Wildman–Crippen LogP) is -0.0465. The molecule has 2 heterocycles. The third-order valence-electron chi connectivity index (χ3n) is 5.70. The minimum absolute atomic E-state index is 0.107. The molecule has 0 radical (unpaired) electrons. The molecule has 1 saturated heterocycles. The highest BCUT2D eigenvalue weighted by molar-refractivity contribution is 5.50. The minimum Gasteiger partial charge on any atom is -0.497 e. The van der Waals surface area contributed by atoms with Crippen LogP contribution in [0, 0.1) is 10.1 Å². The molecular formula is C21H27N3O5+2. The fourth-order valence-corrected chi connectivity index (χ4v) is 4.13. The average Bonchev–Trinajstić information content (AvgIpc) is 2.75. The quantitative estimate of drug-likeness (QED) is 0.524. The Labute approximate surface area is 169 Å². The zero-order valence-corrected chi connectivity index (χ0v) is 16.6. The van der Waals surface area contributed by atoms with Gasteiger partial charge >= 0.3 is 0 Å². The highest BCUT2D eigenvalue weighted by Gasteiger charge is 2.27. The molecule has 0 saturated carbocycles. The lowest BCUT2D eigenvalue weighted by molar-refractivity contribution is -1.02. The van der Waals surface area contributed by atoms with Gasteiger partial charge in [-0.15, -0.1) is 0 Å². The molecule has 1 fully saturated rings. The number of nitrogens with zero attached hydrogens (tertiary/aromatic N) is 1. The van der Waals surface area contributed by atoms with E-state index >= 15 is 0 Å². The van der Waals surface area contributed by atoms with Gasteiger partial charge in [0, 0.05) is 23.3 Å². The number of quaternary nitrogens is 2. The van der Waals surface area contributed by atoms with Crippen LogP contribution in [0.2, 0.25) is 0 Å². The molecule has 29 heavy (non-hydrogen) atoms. The number of benzene rings is 2. The molecular weight excluding hydrogens is 374 g/mol. The molecule has 0 unspecified atom stereocenters. The molecule has 4 rings (SSSR count). The number of non-ortho nitro benzene ring substituents is 1. The van der Waals surface area contributed by atoms with Gasteiger partial charge < -0.3 is 24.0 Å². The molecule has 154 valence electrons.